The molecule has 0 saturated carbocycles. The number of fused-ring (bicyclic) bond motifs is 1. The summed E-state index contributed by atoms with van der Waals surface area (Å²) in [6.45, 7) is 0. The van der Waals surface area contributed by atoms with Gasteiger partial charge in [-0.25, -0.2) is 9.97 Å². The van der Waals surface area contributed by atoms with Crippen molar-refractivity contribution in [3.8, 4) is 0 Å². The lowest BCUT2D eigenvalue weighted by molar-refractivity contribution is 0.489. The Labute approximate surface area is 94.3 Å². The van der Waals surface area contributed by atoms with Gasteiger partial charge >= 0.3 is 0 Å². The molecule has 3 N–H and O–H groups in total. The number of hydrogen-bond acceptors (Lipinski definition) is 6. The highest BCUT2D eigenvalue weighted by Gasteiger charge is 2.08. The largest absolute Gasteiger partial charge is 0.431 e. The van der Waals surface area contributed by atoms with E-state index in [2.05, 4.69) is 20.2 Å². The minimum Gasteiger partial charge on any atom is -0.431 e. The molecule has 0 aliphatic carbocycles. The van der Waals surface area contributed by atoms with E-state index < -0.39 is 0 Å². The first kappa shape index (κ1) is 9.22. The first-order valence-electron chi connectivity index (χ1n) is 4.50. The first-order chi connectivity index (χ1) is 7.81. The number of nitrogens with zero attached hydrogens (tertiary/aromatic N) is 3. The summed E-state index contributed by atoms with van der Waals surface area (Å²) >= 11 is 1.28. The van der Waals surface area contributed by atoms with Gasteiger partial charge in [0.2, 0.25) is 0 Å². The van der Waals surface area contributed by atoms with Gasteiger partial charge in [0.15, 0.2) is 10.7 Å². The summed E-state index contributed by atoms with van der Waals surface area (Å²) in [4.78, 5) is 8.25. The molecule has 0 fully saturated rings. The number of aromatic nitrogens is 4. The molecule has 6 nitrogen and oxygen atoms in total. The second-order valence-electron chi connectivity index (χ2n) is 3.10. The van der Waals surface area contributed by atoms with Gasteiger partial charge in [-0.2, -0.15) is 5.10 Å². The average Bonchev–Trinajstić information content (AvgIpc) is 2.86. The summed E-state index contributed by atoms with van der Waals surface area (Å²) in [5.41, 5.74) is 7.74. The maximum Gasteiger partial charge on any atom is 0.264 e. The molecular formula is C9H7N5OS. The zero-order chi connectivity index (χ0) is 11.0. The van der Waals surface area contributed by atoms with Gasteiger partial charge in [-0.15, -0.1) is 0 Å². The van der Waals surface area contributed by atoms with Crippen LogP contribution in [0, 0.1) is 0 Å². The van der Waals surface area contributed by atoms with Crippen molar-refractivity contribution in [3.05, 3.63) is 24.5 Å². The molecule has 7 heteroatoms. The van der Waals surface area contributed by atoms with E-state index in [0.717, 1.165) is 5.52 Å². The second-order valence-corrected chi connectivity index (χ2v) is 4.04. The van der Waals surface area contributed by atoms with Crippen LogP contribution in [0.4, 0.5) is 5.69 Å². The maximum absolute atomic E-state index is 5.65. The molecule has 0 spiro atoms. The number of hydrogen-bond donors (Lipinski definition) is 2. The number of aromatic amines is 1. The van der Waals surface area contributed by atoms with Crippen molar-refractivity contribution in [2.45, 2.75) is 10.4 Å². The highest BCUT2D eigenvalue weighted by molar-refractivity contribution is 7.98. The van der Waals surface area contributed by atoms with Gasteiger partial charge in [-0.1, -0.05) is 0 Å². The van der Waals surface area contributed by atoms with Crippen LogP contribution in [0.5, 0.6) is 0 Å². The first-order valence-corrected chi connectivity index (χ1v) is 5.32. The molecule has 2 heterocycles. The van der Waals surface area contributed by atoms with Crippen LogP contribution in [0.3, 0.4) is 0 Å². The Hall–Kier alpha value is -2.02. The third kappa shape index (κ3) is 1.61. The number of benzene rings is 1. The van der Waals surface area contributed by atoms with Crippen LogP contribution in [-0.4, -0.2) is 20.2 Å². The molecule has 1 aromatic carbocycles. The van der Waals surface area contributed by atoms with Crippen molar-refractivity contribution < 1.29 is 4.42 Å². The lowest BCUT2D eigenvalue weighted by Gasteiger charge is -1.88. The molecule has 3 rings (SSSR count). The molecule has 0 saturated heterocycles. The third-order valence-electron chi connectivity index (χ3n) is 1.97. The van der Waals surface area contributed by atoms with Gasteiger partial charge in [0, 0.05) is 23.5 Å². The Morgan fingerprint density at radius 3 is 3.12 bits per heavy atom. The molecule has 0 radical (unpaired) electrons. The van der Waals surface area contributed by atoms with Crippen LogP contribution >= 0.6 is 11.8 Å². The van der Waals surface area contributed by atoms with E-state index >= 15 is 0 Å². The fourth-order valence-electron chi connectivity index (χ4n) is 1.29. The molecule has 0 aliphatic heterocycles. The quantitative estimate of drug-likeness (QED) is 0.654. The SMILES string of the molecule is Nc1ccc2nc(Sc3ncn[nH]3)oc2c1. The molecule has 3 aromatic rings. The average molecular weight is 233 g/mol. The van der Waals surface area contributed by atoms with E-state index in [-0.39, 0.29) is 0 Å². The van der Waals surface area contributed by atoms with E-state index in [4.69, 9.17) is 10.2 Å². The molecule has 80 valence electrons. The van der Waals surface area contributed by atoms with E-state index in [1.54, 1.807) is 12.1 Å². The Kier molecular flexibility index (Phi) is 2.03. The Morgan fingerprint density at radius 1 is 1.38 bits per heavy atom. The molecule has 0 atom stereocenters. The standard InChI is InChI=1S/C9H7N5OS/c10-5-1-2-6-7(3-5)15-9(13-6)16-8-11-4-12-14-8/h1-4H,10H2,(H,11,12,14). The van der Waals surface area contributed by atoms with Crippen LogP contribution in [-0.2, 0) is 0 Å². The summed E-state index contributed by atoms with van der Waals surface area (Å²) in [5, 5.41) is 7.61. The lowest BCUT2D eigenvalue weighted by atomic mass is 10.3. The van der Waals surface area contributed by atoms with Crippen molar-refractivity contribution in [2.75, 3.05) is 5.73 Å². The molecule has 0 aliphatic rings. The monoisotopic (exact) mass is 233 g/mol. The number of rotatable bonds is 2. The third-order valence-corrected chi connectivity index (χ3v) is 2.71. The number of nitrogen functional groups attached to an aromatic ring is 1. The van der Waals surface area contributed by atoms with E-state index in [1.807, 2.05) is 6.07 Å². The predicted molar refractivity (Wildman–Crippen MR) is 58.9 cm³/mol. The van der Waals surface area contributed by atoms with Crippen molar-refractivity contribution in [2.24, 2.45) is 0 Å². The Bertz CT molecular complexity index is 618. The number of H-pyrrole nitrogens is 1. The van der Waals surface area contributed by atoms with Gasteiger partial charge in [0.25, 0.3) is 5.22 Å². The fourth-order valence-corrected chi connectivity index (χ4v) is 1.93. The zero-order valence-electron chi connectivity index (χ0n) is 8.04. The number of nitrogens with one attached hydrogen (secondary N) is 1. The number of oxazole rings is 1. The molecule has 16 heavy (non-hydrogen) atoms. The lowest BCUT2D eigenvalue weighted by Crippen LogP contribution is -1.81. The Balaban J connectivity index is 1.99. The summed E-state index contributed by atoms with van der Waals surface area (Å²) in [6, 6.07) is 5.35. The zero-order valence-corrected chi connectivity index (χ0v) is 8.86. The Morgan fingerprint density at radius 2 is 2.31 bits per heavy atom. The van der Waals surface area contributed by atoms with E-state index in [1.165, 1.54) is 18.1 Å². The minimum absolute atomic E-state index is 0.511. The van der Waals surface area contributed by atoms with Crippen molar-refractivity contribution in [3.63, 3.8) is 0 Å². The molecular weight excluding hydrogens is 226 g/mol. The molecule has 0 unspecified atom stereocenters. The fraction of sp³-hybridized carbons (Fsp3) is 0. The highest BCUT2D eigenvalue weighted by atomic mass is 32.2. The summed E-state index contributed by atoms with van der Waals surface area (Å²) in [5.74, 6) is 0. The van der Waals surface area contributed by atoms with Gasteiger partial charge in [0.1, 0.15) is 11.8 Å². The molecule has 2 aromatic heterocycles. The van der Waals surface area contributed by atoms with Crippen molar-refractivity contribution in [1.29, 1.82) is 0 Å². The van der Waals surface area contributed by atoms with Crippen LogP contribution in [0.15, 0.2) is 39.3 Å². The topological polar surface area (TPSA) is 93.6 Å². The summed E-state index contributed by atoms with van der Waals surface area (Å²) < 4.78 is 5.51. The van der Waals surface area contributed by atoms with Crippen LogP contribution in [0.25, 0.3) is 11.1 Å². The number of nitrogens with two attached hydrogens (primary N) is 1. The van der Waals surface area contributed by atoms with Crippen LogP contribution in [0.1, 0.15) is 0 Å². The smallest absolute Gasteiger partial charge is 0.264 e. The van der Waals surface area contributed by atoms with Crippen LogP contribution < -0.4 is 5.73 Å². The summed E-state index contributed by atoms with van der Waals surface area (Å²) in [7, 11) is 0. The molecule has 0 amide bonds. The van der Waals surface area contributed by atoms with Gasteiger partial charge < -0.3 is 10.2 Å². The minimum atomic E-state index is 0.511. The van der Waals surface area contributed by atoms with E-state index in [9.17, 15) is 0 Å². The normalized spacial score (nSPS) is 11.0. The van der Waals surface area contributed by atoms with Crippen molar-refractivity contribution >= 4 is 28.5 Å². The van der Waals surface area contributed by atoms with Crippen LogP contribution in [0.2, 0.25) is 0 Å². The maximum atomic E-state index is 5.65. The van der Waals surface area contributed by atoms with E-state index in [0.29, 0.717) is 21.6 Å². The van der Waals surface area contributed by atoms with Gasteiger partial charge in [-0.3, -0.25) is 5.10 Å². The van der Waals surface area contributed by atoms with Crippen molar-refractivity contribution in [1.82, 2.24) is 20.2 Å². The van der Waals surface area contributed by atoms with Gasteiger partial charge in [-0.05, 0) is 12.1 Å². The predicted octanol–water partition coefficient (Wildman–Crippen LogP) is 1.68. The summed E-state index contributed by atoms with van der Waals surface area (Å²) in [6.07, 6.45) is 1.43. The number of anilines is 1. The van der Waals surface area contributed by atoms with Gasteiger partial charge in [0.05, 0.1) is 0 Å². The molecule has 0 bridgehead atoms. The highest BCUT2D eigenvalue weighted by Crippen LogP contribution is 2.27. The second kappa shape index (κ2) is 3.53.